The Balaban J connectivity index is 1.50. The van der Waals surface area contributed by atoms with E-state index in [1.165, 1.54) is 11.1 Å². The van der Waals surface area contributed by atoms with Gasteiger partial charge in [-0.05, 0) is 49.3 Å². The Bertz CT molecular complexity index is 757. The quantitative estimate of drug-likeness (QED) is 0.807. The van der Waals surface area contributed by atoms with Crippen LogP contribution in [0.25, 0.3) is 0 Å². The lowest BCUT2D eigenvalue weighted by molar-refractivity contribution is -0.155. The summed E-state index contributed by atoms with van der Waals surface area (Å²) in [6.45, 7) is 1.63. The molecule has 0 unspecified atom stereocenters. The second-order valence-corrected chi connectivity index (χ2v) is 6.77. The molecule has 1 aliphatic carbocycles. The van der Waals surface area contributed by atoms with Gasteiger partial charge in [0.25, 0.3) is 5.91 Å². The third-order valence-corrected chi connectivity index (χ3v) is 4.82. The van der Waals surface area contributed by atoms with Gasteiger partial charge in [-0.25, -0.2) is 0 Å². The van der Waals surface area contributed by atoms with Gasteiger partial charge in [-0.3, -0.25) is 9.59 Å². The summed E-state index contributed by atoms with van der Waals surface area (Å²) in [5.41, 5.74) is 3.55. The van der Waals surface area contributed by atoms with Crippen molar-refractivity contribution in [1.29, 1.82) is 0 Å². The molecule has 136 valence electrons. The van der Waals surface area contributed by atoms with Gasteiger partial charge in [0.2, 0.25) is 0 Å². The number of amides is 1. The molecule has 0 saturated carbocycles. The summed E-state index contributed by atoms with van der Waals surface area (Å²) in [4.78, 5) is 24.5. The summed E-state index contributed by atoms with van der Waals surface area (Å²) in [6, 6.07) is 18.0. The van der Waals surface area contributed by atoms with E-state index in [9.17, 15) is 9.59 Å². The summed E-state index contributed by atoms with van der Waals surface area (Å²) >= 11 is 0. The predicted molar refractivity (Wildman–Crippen MR) is 101 cm³/mol. The zero-order valence-corrected chi connectivity index (χ0v) is 15.1. The van der Waals surface area contributed by atoms with Crippen molar-refractivity contribution in [2.24, 2.45) is 0 Å². The number of carbonyl (C=O) groups excluding carboxylic acids is 2. The minimum absolute atomic E-state index is 0.00193. The number of carbonyl (C=O) groups is 2. The van der Waals surface area contributed by atoms with Crippen LogP contribution >= 0.6 is 0 Å². The monoisotopic (exact) mass is 351 g/mol. The molecule has 0 radical (unpaired) electrons. The summed E-state index contributed by atoms with van der Waals surface area (Å²) in [5.74, 6) is -0.583. The van der Waals surface area contributed by atoms with Crippen molar-refractivity contribution in [1.82, 2.24) is 5.32 Å². The van der Waals surface area contributed by atoms with E-state index in [1.807, 2.05) is 42.5 Å². The van der Waals surface area contributed by atoms with E-state index in [1.54, 1.807) is 6.92 Å². The van der Waals surface area contributed by atoms with E-state index in [0.29, 0.717) is 6.42 Å². The molecule has 0 bridgehead atoms. The molecule has 3 rings (SSSR count). The molecule has 0 fully saturated rings. The average molecular weight is 351 g/mol. The maximum atomic E-state index is 12.4. The molecule has 1 aliphatic rings. The molecule has 2 aromatic carbocycles. The molecule has 2 aromatic rings. The van der Waals surface area contributed by atoms with Crippen LogP contribution in [0.1, 0.15) is 48.9 Å². The van der Waals surface area contributed by atoms with E-state index in [-0.39, 0.29) is 24.3 Å². The molecule has 26 heavy (non-hydrogen) atoms. The van der Waals surface area contributed by atoms with Gasteiger partial charge in [0.05, 0.1) is 6.04 Å². The number of aryl methyl sites for hydroxylation is 2. The normalized spacial score (nSPS) is 17.0. The van der Waals surface area contributed by atoms with Crippen LogP contribution in [0, 0.1) is 0 Å². The number of hydrogen-bond acceptors (Lipinski definition) is 3. The van der Waals surface area contributed by atoms with Gasteiger partial charge >= 0.3 is 5.97 Å². The predicted octanol–water partition coefficient (Wildman–Crippen LogP) is 3.74. The van der Waals surface area contributed by atoms with Gasteiger partial charge in [-0.15, -0.1) is 0 Å². The Morgan fingerprint density at radius 1 is 1.12 bits per heavy atom. The number of rotatable bonds is 6. The highest BCUT2D eigenvalue weighted by molar-refractivity contribution is 5.83. The van der Waals surface area contributed by atoms with Crippen LogP contribution in [-0.2, 0) is 27.2 Å². The molecule has 2 atom stereocenters. The molecule has 1 amide bonds. The Labute approximate surface area is 154 Å². The number of esters is 1. The van der Waals surface area contributed by atoms with Gasteiger partial charge in [0, 0.05) is 6.42 Å². The van der Waals surface area contributed by atoms with Crippen molar-refractivity contribution in [3.8, 4) is 0 Å². The minimum Gasteiger partial charge on any atom is -0.453 e. The fourth-order valence-corrected chi connectivity index (χ4v) is 3.39. The average Bonchev–Trinajstić information content (AvgIpc) is 2.67. The Hall–Kier alpha value is -2.62. The summed E-state index contributed by atoms with van der Waals surface area (Å²) < 4.78 is 5.31. The topological polar surface area (TPSA) is 55.4 Å². The standard InChI is InChI=1S/C22H25NO3/c1-16(26-21(24)15-14-17-8-3-2-4-9-17)22(25)23-20-13-7-11-18-10-5-6-12-19(18)20/h2-6,8-10,12,16,20H,7,11,13-15H2,1H3,(H,23,25)/t16-,20+/m1/s1. The zero-order valence-electron chi connectivity index (χ0n) is 15.1. The van der Waals surface area contributed by atoms with Gasteiger partial charge in [-0.2, -0.15) is 0 Å². The van der Waals surface area contributed by atoms with Crippen molar-refractivity contribution < 1.29 is 14.3 Å². The first-order valence-electron chi connectivity index (χ1n) is 9.25. The van der Waals surface area contributed by atoms with Crippen LogP contribution in [-0.4, -0.2) is 18.0 Å². The molecule has 0 saturated heterocycles. The fraction of sp³-hybridized carbons (Fsp3) is 0.364. The van der Waals surface area contributed by atoms with Crippen LogP contribution in [0.5, 0.6) is 0 Å². The summed E-state index contributed by atoms with van der Waals surface area (Å²) in [5, 5.41) is 3.04. The molecule has 0 aliphatic heterocycles. The lowest BCUT2D eigenvalue weighted by atomic mass is 9.87. The number of hydrogen-bond donors (Lipinski definition) is 1. The first-order chi connectivity index (χ1) is 12.6. The molecule has 0 spiro atoms. The maximum Gasteiger partial charge on any atom is 0.306 e. The van der Waals surface area contributed by atoms with Crippen LogP contribution in [0.4, 0.5) is 0 Å². The van der Waals surface area contributed by atoms with Crippen molar-refractivity contribution in [2.45, 2.75) is 51.2 Å². The Kier molecular flexibility index (Phi) is 6.05. The summed E-state index contributed by atoms with van der Waals surface area (Å²) in [6.07, 6.45) is 3.11. The SMILES string of the molecule is C[C@@H](OC(=O)CCc1ccccc1)C(=O)N[C@H]1CCCc2ccccc21. The van der Waals surface area contributed by atoms with Gasteiger partial charge in [0.1, 0.15) is 0 Å². The number of benzene rings is 2. The molecule has 4 nitrogen and oxygen atoms in total. The van der Waals surface area contributed by atoms with Crippen LogP contribution in [0.2, 0.25) is 0 Å². The van der Waals surface area contributed by atoms with Gasteiger partial charge in [-0.1, -0.05) is 54.6 Å². The fourth-order valence-electron chi connectivity index (χ4n) is 3.39. The third-order valence-electron chi connectivity index (χ3n) is 4.82. The molecule has 0 aromatic heterocycles. The summed E-state index contributed by atoms with van der Waals surface area (Å²) in [7, 11) is 0. The van der Waals surface area contributed by atoms with Crippen molar-refractivity contribution in [3.05, 3.63) is 71.3 Å². The van der Waals surface area contributed by atoms with Crippen LogP contribution in [0.15, 0.2) is 54.6 Å². The highest BCUT2D eigenvalue weighted by atomic mass is 16.5. The molecule has 1 N–H and O–H groups in total. The zero-order chi connectivity index (χ0) is 18.4. The van der Waals surface area contributed by atoms with E-state index < -0.39 is 6.10 Å². The molecule has 0 heterocycles. The first-order valence-corrected chi connectivity index (χ1v) is 9.25. The Morgan fingerprint density at radius 2 is 1.85 bits per heavy atom. The van der Waals surface area contributed by atoms with Crippen LogP contribution in [0.3, 0.4) is 0 Å². The first kappa shape index (κ1) is 18.2. The van der Waals surface area contributed by atoms with Gasteiger partial charge < -0.3 is 10.1 Å². The number of fused-ring (bicyclic) bond motifs is 1. The highest BCUT2D eigenvalue weighted by Crippen LogP contribution is 2.29. The number of nitrogens with one attached hydrogen (secondary N) is 1. The Morgan fingerprint density at radius 3 is 2.65 bits per heavy atom. The largest absolute Gasteiger partial charge is 0.453 e. The van der Waals surface area contributed by atoms with Crippen molar-refractivity contribution in [3.63, 3.8) is 0 Å². The van der Waals surface area contributed by atoms with E-state index in [2.05, 4.69) is 17.4 Å². The second kappa shape index (κ2) is 8.65. The second-order valence-electron chi connectivity index (χ2n) is 6.77. The molecule has 4 heteroatoms. The smallest absolute Gasteiger partial charge is 0.306 e. The third kappa shape index (κ3) is 4.72. The van der Waals surface area contributed by atoms with Crippen LogP contribution < -0.4 is 5.32 Å². The lowest BCUT2D eigenvalue weighted by Gasteiger charge is -2.27. The minimum atomic E-state index is -0.785. The molecular formula is C22H25NO3. The van der Waals surface area contributed by atoms with Crippen molar-refractivity contribution >= 4 is 11.9 Å². The van der Waals surface area contributed by atoms with Gasteiger partial charge in [0.15, 0.2) is 6.10 Å². The van der Waals surface area contributed by atoms with E-state index in [0.717, 1.165) is 24.8 Å². The van der Waals surface area contributed by atoms with E-state index in [4.69, 9.17) is 4.74 Å². The van der Waals surface area contributed by atoms with Crippen molar-refractivity contribution in [2.75, 3.05) is 0 Å². The molecular weight excluding hydrogens is 326 g/mol. The van der Waals surface area contributed by atoms with E-state index >= 15 is 0 Å². The number of ether oxygens (including phenoxy) is 1. The maximum absolute atomic E-state index is 12.4. The lowest BCUT2D eigenvalue weighted by Crippen LogP contribution is -2.39. The highest BCUT2D eigenvalue weighted by Gasteiger charge is 2.25.